The fraction of sp³-hybridized carbons (Fsp3) is 0.259. The van der Waals surface area contributed by atoms with E-state index in [4.69, 9.17) is 5.73 Å². The van der Waals surface area contributed by atoms with E-state index >= 15 is 0 Å². The fourth-order valence-electron chi connectivity index (χ4n) is 5.82. The molecule has 2 aliphatic rings. The molecule has 2 aliphatic carbocycles. The molecule has 6 rings (SSSR count). The van der Waals surface area contributed by atoms with Crippen molar-refractivity contribution < 1.29 is 22.7 Å². The number of hydrogen-bond acceptors (Lipinski definition) is 4. The molecule has 9 heteroatoms. The Balaban J connectivity index is 1.60. The number of benzene rings is 2. The number of halogens is 4. The second-order valence-corrected chi connectivity index (χ2v) is 9.40. The van der Waals surface area contributed by atoms with Gasteiger partial charge in [0.25, 0.3) is 5.92 Å². The van der Waals surface area contributed by atoms with E-state index in [1.54, 1.807) is 34.9 Å². The average Bonchev–Trinajstić information content (AvgIpc) is 3.38. The quantitative estimate of drug-likeness (QED) is 0.349. The first-order chi connectivity index (χ1) is 17.2. The molecule has 3 atom stereocenters. The smallest absolute Gasteiger partial charge is 0.281 e. The highest BCUT2D eigenvalue weighted by atomic mass is 19.3. The largest absolute Gasteiger partial charge is 0.396 e. The average molecular weight is 492 g/mol. The van der Waals surface area contributed by atoms with E-state index in [2.05, 4.69) is 4.98 Å². The first kappa shape index (κ1) is 22.6. The summed E-state index contributed by atoms with van der Waals surface area (Å²) < 4.78 is 60.5. The molecule has 0 fully saturated rings. The lowest BCUT2D eigenvalue weighted by Crippen LogP contribution is -2.22. The Kier molecular flexibility index (Phi) is 4.89. The maximum atomic E-state index is 15.0. The van der Waals surface area contributed by atoms with E-state index in [0.717, 1.165) is 12.1 Å². The molecule has 0 aliphatic heterocycles. The molecular formula is C27H20F4N4O. The molecule has 0 spiro atoms. The molecule has 0 saturated carbocycles. The van der Waals surface area contributed by atoms with Crippen molar-refractivity contribution in [2.45, 2.75) is 43.4 Å². The van der Waals surface area contributed by atoms with Crippen molar-refractivity contribution in [3.63, 3.8) is 0 Å². The number of aliphatic hydroxyl groups excluding tert-OH is 1. The summed E-state index contributed by atoms with van der Waals surface area (Å²) in [6.07, 6.45) is -0.677. The van der Waals surface area contributed by atoms with Crippen LogP contribution in [0, 0.1) is 17.1 Å². The molecule has 0 unspecified atom stereocenters. The molecule has 2 aromatic heterocycles. The number of rotatable bonds is 2. The van der Waals surface area contributed by atoms with Gasteiger partial charge in [-0.2, -0.15) is 5.26 Å². The Hall–Kier alpha value is -3.90. The van der Waals surface area contributed by atoms with Crippen molar-refractivity contribution >= 4 is 11.3 Å². The molecule has 0 amide bonds. The number of nitrogens with two attached hydrogens (primary N) is 1. The predicted molar refractivity (Wildman–Crippen MR) is 125 cm³/mol. The van der Waals surface area contributed by atoms with Gasteiger partial charge in [0.05, 0.1) is 29.2 Å². The zero-order valence-electron chi connectivity index (χ0n) is 18.9. The van der Waals surface area contributed by atoms with Crippen molar-refractivity contribution in [1.29, 1.82) is 5.26 Å². The fourth-order valence-corrected chi connectivity index (χ4v) is 5.82. The SMILES string of the molecule is N#Cc1cc(F)cc2c1[C@@H](c1ccc(-c3cnc4c(N)cccn34)c3c1CC(F)(F)[C@H]3O)CC[C@@H]2F. The first-order valence-electron chi connectivity index (χ1n) is 11.5. The molecule has 0 saturated heterocycles. The molecular weight excluding hydrogens is 472 g/mol. The number of fused-ring (bicyclic) bond motifs is 3. The van der Waals surface area contributed by atoms with E-state index in [1.807, 2.05) is 6.07 Å². The summed E-state index contributed by atoms with van der Waals surface area (Å²) in [4.78, 5) is 4.32. The number of nitrogen functional groups attached to an aromatic ring is 1. The molecule has 0 radical (unpaired) electrons. The molecule has 5 nitrogen and oxygen atoms in total. The van der Waals surface area contributed by atoms with Gasteiger partial charge in [0.1, 0.15) is 18.1 Å². The van der Waals surface area contributed by atoms with Crippen LogP contribution in [0.25, 0.3) is 16.9 Å². The summed E-state index contributed by atoms with van der Waals surface area (Å²) in [6, 6.07) is 10.8. The molecule has 4 aromatic rings. The third kappa shape index (κ3) is 3.14. The Morgan fingerprint density at radius 1 is 1.14 bits per heavy atom. The number of pyridine rings is 1. The lowest BCUT2D eigenvalue weighted by atomic mass is 9.74. The number of aromatic nitrogens is 2. The van der Waals surface area contributed by atoms with Crippen LogP contribution in [-0.2, 0) is 6.42 Å². The van der Waals surface area contributed by atoms with Crippen molar-refractivity contribution in [2.75, 3.05) is 5.73 Å². The van der Waals surface area contributed by atoms with Gasteiger partial charge in [-0.15, -0.1) is 0 Å². The minimum absolute atomic E-state index is 0.0160. The van der Waals surface area contributed by atoms with Crippen LogP contribution in [0.2, 0.25) is 0 Å². The van der Waals surface area contributed by atoms with Crippen LogP contribution in [-0.4, -0.2) is 20.4 Å². The van der Waals surface area contributed by atoms with Gasteiger partial charge in [-0.1, -0.05) is 12.1 Å². The van der Waals surface area contributed by atoms with Gasteiger partial charge in [0.15, 0.2) is 5.65 Å². The Morgan fingerprint density at radius 2 is 1.94 bits per heavy atom. The highest BCUT2D eigenvalue weighted by Gasteiger charge is 2.50. The van der Waals surface area contributed by atoms with Crippen LogP contribution in [0.1, 0.15) is 64.4 Å². The van der Waals surface area contributed by atoms with E-state index in [9.17, 15) is 27.9 Å². The third-order valence-corrected chi connectivity index (χ3v) is 7.39. The Bertz CT molecular complexity index is 1590. The van der Waals surface area contributed by atoms with E-state index in [1.165, 1.54) is 6.20 Å². The summed E-state index contributed by atoms with van der Waals surface area (Å²) in [5.41, 5.74) is 8.95. The number of anilines is 1. The maximum absolute atomic E-state index is 15.0. The van der Waals surface area contributed by atoms with Gasteiger partial charge in [0, 0.05) is 24.1 Å². The van der Waals surface area contributed by atoms with Crippen LogP contribution < -0.4 is 5.73 Å². The summed E-state index contributed by atoms with van der Waals surface area (Å²) in [5.74, 6) is -4.74. The van der Waals surface area contributed by atoms with Crippen LogP contribution in [0.5, 0.6) is 0 Å². The molecule has 0 bridgehead atoms. The summed E-state index contributed by atoms with van der Waals surface area (Å²) >= 11 is 0. The summed E-state index contributed by atoms with van der Waals surface area (Å²) in [7, 11) is 0. The molecule has 182 valence electrons. The number of imidazole rings is 1. The number of alkyl halides is 3. The third-order valence-electron chi connectivity index (χ3n) is 7.39. The maximum Gasteiger partial charge on any atom is 0.281 e. The zero-order chi connectivity index (χ0) is 25.4. The normalized spacial score (nSPS) is 22.3. The molecule has 2 aromatic carbocycles. The van der Waals surface area contributed by atoms with Gasteiger partial charge in [-0.25, -0.2) is 22.5 Å². The Labute approximate surface area is 203 Å². The summed E-state index contributed by atoms with van der Waals surface area (Å²) in [5, 5.41) is 20.4. The van der Waals surface area contributed by atoms with Crippen LogP contribution in [0.15, 0.2) is 48.8 Å². The van der Waals surface area contributed by atoms with Crippen molar-refractivity contribution in [2.24, 2.45) is 0 Å². The number of nitriles is 1. The minimum Gasteiger partial charge on any atom is -0.396 e. The lowest BCUT2D eigenvalue weighted by molar-refractivity contribution is -0.0966. The van der Waals surface area contributed by atoms with Gasteiger partial charge >= 0.3 is 0 Å². The highest BCUT2D eigenvalue weighted by molar-refractivity contribution is 5.76. The standard InChI is InChI=1S/C27H20F4N4O/c28-14-8-13(11-32)23-16(5-6-20(29)18(23)9-14)15-3-4-17(24-19(15)10-27(30,31)25(24)36)22-12-34-26-21(33)2-1-7-35(22)26/h1-4,7-9,12,16,20,25,36H,5-6,10,33H2/t16-,20+,25+/m1/s1. The van der Waals surface area contributed by atoms with E-state index in [0.29, 0.717) is 33.7 Å². The molecule has 3 N–H and O–H groups in total. The van der Waals surface area contributed by atoms with Crippen LogP contribution in [0.4, 0.5) is 23.2 Å². The van der Waals surface area contributed by atoms with Crippen molar-refractivity contribution in [3.05, 3.63) is 88.0 Å². The lowest BCUT2D eigenvalue weighted by Gasteiger charge is -2.31. The monoisotopic (exact) mass is 492 g/mol. The molecule has 2 heterocycles. The second-order valence-electron chi connectivity index (χ2n) is 9.40. The predicted octanol–water partition coefficient (Wildman–Crippen LogP) is 5.76. The van der Waals surface area contributed by atoms with Gasteiger partial charge < -0.3 is 10.8 Å². The summed E-state index contributed by atoms with van der Waals surface area (Å²) in [6.45, 7) is 0. The van der Waals surface area contributed by atoms with Gasteiger partial charge in [0.2, 0.25) is 0 Å². The second kappa shape index (κ2) is 7.80. The van der Waals surface area contributed by atoms with Crippen LogP contribution >= 0.6 is 0 Å². The van der Waals surface area contributed by atoms with Gasteiger partial charge in [-0.05, 0) is 64.9 Å². The zero-order valence-corrected chi connectivity index (χ0v) is 18.9. The number of hydrogen-bond donors (Lipinski definition) is 2. The van der Waals surface area contributed by atoms with Crippen molar-refractivity contribution in [1.82, 2.24) is 9.38 Å². The van der Waals surface area contributed by atoms with Crippen molar-refractivity contribution in [3.8, 4) is 17.3 Å². The first-order valence-corrected chi connectivity index (χ1v) is 11.5. The van der Waals surface area contributed by atoms with Crippen LogP contribution in [0.3, 0.4) is 0 Å². The van der Waals surface area contributed by atoms with Gasteiger partial charge in [-0.3, -0.25) is 4.40 Å². The topological polar surface area (TPSA) is 87.3 Å². The number of aliphatic hydroxyl groups is 1. The van der Waals surface area contributed by atoms with E-state index in [-0.39, 0.29) is 35.1 Å². The van der Waals surface area contributed by atoms with E-state index < -0.39 is 36.4 Å². The highest BCUT2D eigenvalue weighted by Crippen LogP contribution is 2.53. The molecule has 36 heavy (non-hydrogen) atoms. The number of nitrogens with zero attached hydrogens (tertiary/aromatic N) is 3. The minimum atomic E-state index is -3.42. The Morgan fingerprint density at radius 3 is 2.72 bits per heavy atom.